The molecule has 3 rings (SSSR count). The number of hydrogen-bond donors (Lipinski definition) is 0. The number of hydrogen-bond acceptors (Lipinski definition) is 6. The summed E-state index contributed by atoms with van der Waals surface area (Å²) in [7, 11) is 1.71. The zero-order valence-corrected chi connectivity index (χ0v) is 14.5. The quantitative estimate of drug-likeness (QED) is 0.731. The highest BCUT2D eigenvalue weighted by atomic mass is 16.6. The van der Waals surface area contributed by atoms with E-state index in [2.05, 4.69) is 10.1 Å². The fraction of sp³-hybridized carbons (Fsp3) is 0.733. The fourth-order valence-corrected chi connectivity index (χ4v) is 2.89. The first-order valence-electron chi connectivity index (χ1n) is 7.94. The Kier molecular flexibility index (Phi) is 3.98. The van der Waals surface area contributed by atoms with Crippen molar-refractivity contribution < 1.29 is 19.1 Å². The van der Waals surface area contributed by atoms with E-state index in [-0.39, 0.29) is 17.8 Å². The summed E-state index contributed by atoms with van der Waals surface area (Å²) in [4.78, 5) is 31.8. The van der Waals surface area contributed by atoms with Crippen molar-refractivity contribution in [3.05, 3.63) is 12.2 Å². The van der Waals surface area contributed by atoms with Gasteiger partial charge in [-0.3, -0.25) is 9.48 Å². The van der Waals surface area contributed by atoms with Gasteiger partial charge in [0.2, 0.25) is 5.82 Å². The van der Waals surface area contributed by atoms with Gasteiger partial charge in [-0.05, 0) is 20.8 Å². The third kappa shape index (κ3) is 3.35. The van der Waals surface area contributed by atoms with Gasteiger partial charge in [0.15, 0.2) is 0 Å². The van der Waals surface area contributed by atoms with Gasteiger partial charge in [0.1, 0.15) is 17.5 Å². The van der Waals surface area contributed by atoms with E-state index in [0.29, 0.717) is 32.8 Å². The van der Waals surface area contributed by atoms with E-state index in [1.165, 1.54) is 11.0 Å². The minimum absolute atomic E-state index is 0.173. The summed E-state index contributed by atoms with van der Waals surface area (Å²) >= 11 is 0. The zero-order valence-electron chi connectivity index (χ0n) is 14.5. The van der Waals surface area contributed by atoms with Crippen LogP contribution in [0, 0.1) is 0 Å². The van der Waals surface area contributed by atoms with E-state index >= 15 is 0 Å². The van der Waals surface area contributed by atoms with E-state index in [9.17, 15) is 9.59 Å². The molecule has 9 nitrogen and oxygen atoms in total. The molecule has 1 spiro atoms. The lowest BCUT2D eigenvalue weighted by molar-refractivity contribution is -0.168. The van der Waals surface area contributed by atoms with Gasteiger partial charge in [0.05, 0.1) is 26.2 Å². The first kappa shape index (κ1) is 16.7. The van der Waals surface area contributed by atoms with Gasteiger partial charge in [-0.2, -0.15) is 0 Å². The lowest BCUT2D eigenvalue weighted by atomic mass is 9.91. The monoisotopic (exact) mass is 337 g/mol. The van der Waals surface area contributed by atoms with Crippen LogP contribution in [0.25, 0.3) is 0 Å². The van der Waals surface area contributed by atoms with Gasteiger partial charge in [-0.25, -0.2) is 9.78 Å². The Balaban J connectivity index is 1.58. The average molecular weight is 337 g/mol. The second kappa shape index (κ2) is 5.73. The number of carbonyl (C=O) groups is 2. The summed E-state index contributed by atoms with van der Waals surface area (Å²) in [6.07, 6.45) is 1.14. The van der Waals surface area contributed by atoms with Crippen LogP contribution in [-0.4, -0.2) is 80.6 Å². The van der Waals surface area contributed by atoms with Crippen LogP contribution in [0.2, 0.25) is 0 Å². The molecule has 0 bridgehead atoms. The second-order valence-corrected chi connectivity index (χ2v) is 7.34. The van der Waals surface area contributed by atoms with Crippen molar-refractivity contribution in [3.63, 3.8) is 0 Å². The number of aromatic nitrogens is 3. The summed E-state index contributed by atoms with van der Waals surface area (Å²) in [6, 6.07) is 0. The highest BCUT2D eigenvalue weighted by Crippen LogP contribution is 2.30. The van der Waals surface area contributed by atoms with Crippen molar-refractivity contribution in [2.45, 2.75) is 32.0 Å². The largest absolute Gasteiger partial charge is 0.444 e. The van der Waals surface area contributed by atoms with Gasteiger partial charge < -0.3 is 19.3 Å². The molecule has 0 aliphatic carbocycles. The standard InChI is InChI=1S/C15H23N5O4/c1-14(2,3)24-13(22)19-5-6-23-15(7-19)8-20(9-15)12(21)11-16-10-18(4)17-11/h10H,5-9H2,1-4H3. The summed E-state index contributed by atoms with van der Waals surface area (Å²) < 4.78 is 12.7. The summed E-state index contributed by atoms with van der Waals surface area (Å²) in [5, 5.41) is 4.02. The molecule has 2 fully saturated rings. The van der Waals surface area contributed by atoms with E-state index < -0.39 is 11.2 Å². The molecule has 0 aromatic carbocycles. The SMILES string of the molecule is Cn1cnc(C(=O)N2CC3(CN(C(=O)OC(C)(C)C)CCO3)C2)n1. The van der Waals surface area contributed by atoms with Crippen molar-refractivity contribution in [2.24, 2.45) is 7.05 Å². The smallest absolute Gasteiger partial charge is 0.410 e. The molecule has 1 aromatic rings. The van der Waals surface area contributed by atoms with Crippen LogP contribution in [0.3, 0.4) is 0 Å². The lowest BCUT2D eigenvalue weighted by Crippen LogP contribution is -2.71. The third-order valence-electron chi connectivity index (χ3n) is 3.94. The van der Waals surface area contributed by atoms with Crippen LogP contribution in [0.4, 0.5) is 4.79 Å². The molecule has 2 saturated heterocycles. The average Bonchev–Trinajstić information content (AvgIpc) is 2.89. The maximum absolute atomic E-state index is 12.3. The Morgan fingerprint density at radius 2 is 1.92 bits per heavy atom. The molecule has 2 aliphatic rings. The van der Waals surface area contributed by atoms with Crippen LogP contribution < -0.4 is 0 Å². The Morgan fingerprint density at radius 3 is 2.50 bits per heavy atom. The van der Waals surface area contributed by atoms with Crippen molar-refractivity contribution >= 4 is 12.0 Å². The lowest BCUT2D eigenvalue weighted by Gasteiger charge is -2.53. The van der Waals surface area contributed by atoms with Crippen LogP contribution in [0.5, 0.6) is 0 Å². The highest BCUT2D eigenvalue weighted by Gasteiger charge is 2.51. The van der Waals surface area contributed by atoms with Crippen LogP contribution in [-0.2, 0) is 16.5 Å². The number of ether oxygens (including phenoxy) is 2. The Bertz CT molecular complexity index is 645. The number of morpholine rings is 1. The normalized spacial score (nSPS) is 20.0. The Morgan fingerprint density at radius 1 is 1.25 bits per heavy atom. The molecule has 0 atom stereocenters. The Hall–Kier alpha value is -2.16. The molecular weight excluding hydrogens is 314 g/mol. The van der Waals surface area contributed by atoms with Crippen molar-refractivity contribution in [1.82, 2.24) is 24.6 Å². The minimum Gasteiger partial charge on any atom is -0.444 e. The summed E-state index contributed by atoms with van der Waals surface area (Å²) in [6.45, 7) is 7.70. The molecule has 2 amide bonds. The number of nitrogens with zero attached hydrogens (tertiary/aromatic N) is 5. The van der Waals surface area contributed by atoms with E-state index in [1.807, 2.05) is 20.8 Å². The second-order valence-electron chi connectivity index (χ2n) is 7.34. The summed E-state index contributed by atoms with van der Waals surface area (Å²) in [5.41, 5.74) is -1.05. The number of rotatable bonds is 1. The van der Waals surface area contributed by atoms with E-state index in [4.69, 9.17) is 9.47 Å². The molecule has 0 radical (unpaired) electrons. The number of likely N-dealkylation sites (tertiary alicyclic amines) is 1. The third-order valence-corrected chi connectivity index (χ3v) is 3.94. The minimum atomic E-state index is -0.533. The molecular formula is C15H23N5O4. The van der Waals surface area contributed by atoms with Gasteiger partial charge in [-0.1, -0.05) is 0 Å². The molecule has 132 valence electrons. The molecule has 1 aromatic heterocycles. The van der Waals surface area contributed by atoms with Crippen LogP contribution >= 0.6 is 0 Å². The predicted molar refractivity (Wildman–Crippen MR) is 83.4 cm³/mol. The Labute approximate surface area is 140 Å². The first-order valence-corrected chi connectivity index (χ1v) is 7.94. The van der Waals surface area contributed by atoms with Crippen molar-refractivity contribution in [1.29, 1.82) is 0 Å². The number of amides is 2. The maximum Gasteiger partial charge on any atom is 0.410 e. The summed E-state index contributed by atoms with van der Waals surface area (Å²) in [5.74, 6) is -0.0497. The molecule has 0 unspecified atom stereocenters. The maximum atomic E-state index is 12.3. The highest BCUT2D eigenvalue weighted by molar-refractivity contribution is 5.91. The van der Waals surface area contributed by atoms with Crippen molar-refractivity contribution in [3.8, 4) is 0 Å². The topological polar surface area (TPSA) is 89.8 Å². The van der Waals surface area contributed by atoms with E-state index in [1.54, 1.807) is 16.8 Å². The zero-order chi connectivity index (χ0) is 17.5. The molecule has 3 heterocycles. The van der Waals surface area contributed by atoms with Gasteiger partial charge in [0, 0.05) is 13.6 Å². The first-order chi connectivity index (χ1) is 11.2. The molecule has 0 N–H and O–H groups in total. The fourth-order valence-electron chi connectivity index (χ4n) is 2.89. The van der Waals surface area contributed by atoms with Crippen molar-refractivity contribution in [2.75, 3.05) is 32.8 Å². The van der Waals surface area contributed by atoms with Gasteiger partial charge in [-0.15, -0.1) is 5.10 Å². The predicted octanol–water partition coefficient (Wildman–Crippen LogP) is 0.277. The number of aryl methyl sites for hydroxylation is 1. The van der Waals surface area contributed by atoms with Crippen LogP contribution in [0.1, 0.15) is 31.4 Å². The van der Waals surface area contributed by atoms with E-state index in [0.717, 1.165) is 0 Å². The van der Waals surface area contributed by atoms with Crippen LogP contribution in [0.15, 0.2) is 6.33 Å². The molecule has 0 saturated carbocycles. The van der Waals surface area contributed by atoms with Gasteiger partial charge in [0.25, 0.3) is 5.91 Å². The molecule has 9 heteroatoms. The molecule has 2 aliphatic heterocycles. The molecule has 24 heavy (non-hydrogen) atoms. The number of carbonyl (C=O) groups excluding carboxylic acids is 2. The van der Waals surface area contributed by atoms with Gasteiger partial charge >= 0.3 is 6.09 Å².